The summed E-state index contributed by atoms with van der Waals surface area (Å²) in [7, 11) is -3.80. The molecule has 0 saturated carbocycles. The van der Waals surface area contributed by atoms with E-state index in [9.17, 15) is 18.5 Å². The Bertz CT molecular complexity index is 1130. The molecular weight excluding hydrogens is 412 g/mol. The van der Waals surface area contributed by atoms with Crippen LogP contribution in [0.4, 0.5) is 5.69 Å². The summed E-state index contributed by atoms with van der Waals surface area (Å²) < 4.78 is 27.0. The van der Waals surface area contributed by atoms with Gasteiger partial charge in [0.15, 0.2) is 0 Å². The quantitative estimate of drug-likeness (QED) is 0.803. The van der Waals surface area contributed by atoms with Crippen LogP contribution < -0.4 is 5.32 Å². The van der Waals surface area contributed by atoms with Gasteiger partial charge in [0.25, 0.3) is 0 Å². The molecule has 0 aliphatic carbocycles. The van der Waals surface area contributed by atoms with Crippen LogP contribution >= 0.6 is 11.6 Å². The van der Waals surface area contributed by atoms with Crippen LogP contribution in [0.3, 0.4) is 0 Å². The Hall–Kier alpha value is -2.91. The minimum atomic E-state index is -3.80. The molecule has 29 heavy (non-hydrogen) atoms. The number of rotatable bonds is 4. The predicted molar refractivity (Wildman–Crippen MR) is 107 cm³/mol. The number of hydrogen-bond acceptors (Lipinski definition) is 5. The zero-order valence-corrected chi connectivity index (χ0v) is 16.9. The van der Waals surface area contributed by atoms with Gasteiger partial charge in [-0.3, -0.25) is 4.79 Å². The summed E-state index contributed by atoms with van der Waals surface area (Å²) in [6.07, 6.45) is 0.730. The molecule has 1 amide bonds. The van der Waals surface area contributed by atoms with Crippen molar-refractivity contribution in [1.29, 1.82) is 10.5 Å². The number of nitriles is 2. The lowest BCUT2D eigenvalue weighted by molar-refractivity contribution is -0.120. The first-order valence-electron chi connectivity index (χ1n) is 8.86. The maximum absolute atomic E-state index is 12.9. The topological polar surface area (TPSA) is 114 Å². The summed E-state index contributed by atoms with van der Waals surface area (Å²) in [4.78, 5) is 12.5. The Morgan fingerprint density at radius 3 is 2.34 bits per heavy atom. The molecule has 2 aromatic rings. The highest BCUT2D eigenvalue weighted by molar-refractivity contribution is 7.89. The lowest BCUT2D eigenvalue weighted by Crippen LogP contribution is -2.41. The van der Waals surface area contributed by atoms with Crippen molar-refractivity contribution in [1.82, 2.24) is 4.31 Å². The van der Waals surface area contributed by atoms with Gasteiger partial charge in [0.05, 0.1) is 21.0 Å². The number of benzene rings is 2. The molecule has 0 spiro atoms. The van der Waals surface area contributed by atoms with E-state index in [0.29, 0.717) is 24.1 Å². The average molecular weight is 429 g/mol. The lowest BCUT2D eigenvalue weighted by Gasteiger charge is -2.30. The fraction of sp³-hybridized carbons (Fsp3) is 0.250. The predicted octanol–water partition coefficient (Wildman–Crippen LogP) is 3.12. The van der Waals surface area contributed by atoms with Crippen molar-refractivity contribution in [2.75, 3.05) is 18.4 Å². The van der Waals surface area contributed by atoms with E-state index in [1.54, 1.807) is 18.2 Å². The molecule has 1 saturated heterocycles. The van der Waals surface area contributed by atoms with E-state index < -0.39 is 10.0 Å². The highest BCUT2D eigenvalue weighted by Gasteiger charge is 2.33. The molecule has 3 rings (SSSR count). The number of carbonyl (C=O) groups excluding carboxylic acids is 1. The Balaban J connectivity index is 1.66. The normalized spacial score (nSPS) is 15.3. The first kappa shape index (κ1) is 20.8. The number of piperidine rings is 1. The van der Waals surface area contributed by atoms with Crippen LogP contribution in [-0.2, 0) is 14.8 Å². The van der Waals surface area contributed by atoms with Crippen molar-refractivity contribution in [3.63, 3.8) is 0 Å². The number of halogens is 1. The number of amides is 1. The summed E-state index contributed by atoms with van der Waals surface area (Å²) in [5.41, 5.74) is 0.905. The summed E-state index contributed by atoms with van der Waals surface area (Å²) in [6, 6.07) is 14.6. The smallest absolute Gasteiger partial charge is 0.244 e. The van der Waals surface area contributed by atoms with Gasteiger partial charge in [-0.25, -0.2) is 8.42 Å². The Morgan fingerprint density at radius 1 is 1.07 bits per heavy atom. The van der Waals surface area contributed by atoms with Gasteiger partial charge >= 0.3 is 0 Å². The molecule has 148 valence electrons. The minimum Gasteiger partial charge on any atom is -0.326 e. The first-order chi connectivity index (χ1) is 13.9. The highest BCUT2D eigenvalue weighted by Crippen LogP contribution is 2.27. The summed E-state index contributed by atoms with van der Waals surface area (Å²) in [6.45, 7) is 0.378. The molecule has 0 radical (unpaired) electrons. The van der Waals surface area contributed by atoms with E-state index in [4.69, 9.17) is 16.9 Å². The molecule has 1 aliphatic heterocycles. The van der Waals surface area contributed by atoms with Gasteiger partial charge in [0, 0.05) is 24.7 Å². The minimum absolute atomic E-state index is 0.0161. The fourth-order valence-electron chi connectivity index (χ4n) is 3.21. The Labute approximate surface area is 174 Å². The van der Waals surface area contributed by atoms with E-state index in [0.717, 1.165) is 0 Å². The molecule has 1 fully saturated rings. The molecule has 7 nitrogen and oxygen atoms in total. The van der Waals surface area contributed by atoms with E-state index >= 15 is 0 Å². The van der Waals surface area contributed by atoms with Gasteiger partial charge in [0.1, 0.15) is 12.1 Å². The van der Waals surface area contributed by atoms with Gasteiger partial charge in [-0.1, -0.05) is 23.7 Å². The second-order valence-electron chi connectivity index (χ2n) is 6.58. The molecule has 1 heterocycles. The maximum Gasteiger partial charge on any atom is 0.244 e. The Kier molecular flexibility index (Phi) is 6.19. The molecule has 1 N–H and O–H groups in total. The second-order valence-corrected chi connectivity index (χ2v) is 8.90. The van der Waals surface area contributed by atoms with Crippen LogP contribution in [-0.4, -0.2) is 31.7 Å². The zero-order chi connectivity index (χ0) is 21.0. The molecule has 0 bridgehead atoms. The monoisotopic (exact) mass is 428 g/mol. The number of nitrogens with zero attached hydrogens (tertiary/aromatic N) is 3. The molecular formula is C20H17ClN4O3S. The van der Waals surface area contributed by atoms with Crippen LogP contribution in [0.25, 0.3) is 0 Å². The van der Waals surface area contributed by atoms with Crippen molar-refractivity contribution in [2.45, 2.75) is 17.7 Å². The van der Waals surface area contributed by atoms with Crippen molar-refractivity contribution < 1.29 is 13.2 Å². The van der Waals surface area contributed by atoms with Crippen molar-refractivity contribution in [2.24, 2.45) is 5.92 Å². The van der Waals surface area contributed by atoms with Crippen molar-refractivity contribution >= 4 is 33.2 Å². The third kappa shape index (κ3) is 4.41. The molecule has 1 aliphatic rings. The van der Waals surface area contributed by atoms with E-state index in [-0.39, 0.29) is 40.4 Å². The SMILES string of the molecule is N#Cc1ccc(NC(=O)C2CCN(S(=O)(=O)c3ccccc3C#N)CC2)cc1Cl. The van der Waals surface area contributed by atoms with Crippen LogP contribution in [0.1, 0.15) is 24.0 Å². The third-order valence-electron chi connectivity index (χ3n) is 4.81. The van der Waals surface area contributed by atoms with Crippen LogP contribution in [0, 0.1) is 28.6 Å². The van der Waals surface area contributed by atoms with Crippen LogP contribution in [0.5, 0.6) is 0 Å². The zero-order valence-electron chi connectivity index (χ0n) is 15.3. The third-order valence-corrected chi connectivity index (χ3v) is 7.08. The van der Waals surface area contributed by atoms with Crippen molar-refractivity contribution in [3.05, 3.63) is 58.6 Å². The molecule has 0 unspecified atom stereocenters. The molecule has 9 heteroatoms. The number of carbonyl (C=O) groups is 1. The fourth-order valence-corrected chi connectivity index (χ4v) is 5.04. The summed E-state index contributed by atoms with van der Waals surface area (Å²) in [5.74, 6) is -0.567. The standard InChI is InChI=1S/C20H17ClN4O3S/c21-18-11-17(6-5-15(18)12-22)24-20(26)14-7-9-25(10-8-14)29(27,28)19-4-2-1-3-16(19)13-23/h1-6,11,14H,7-10H2,(H,24,26). The first-order valence-corrected chi connectivity index (χ1v) is 10.7. The largest absolute Gasteiger partial charge is 0.326 e. The molecule has 0 aromatic heterocycles. The number of sulfonamides is 1. The van der Waals surface area contributed by atoms with E-state index in [1.165, 1.54) is 28.6 Å². The summed E-state index contributed by atoms with van der Waals surface area (Å²) >= 11 is 5.98. The average Bonchev–Trinajstić information content (AvgIpc) is 2.74. The summed E-state index contributed by atoms with van der Waals surface area (Å²) in [5, 5.41) is 21.1. The van der Waals surface area contributed by atoms with Crippen molar-refractivity contribution in [3.8, 4) is 12.1 Å². The highest BCUT2D eigenvalue weighted by atomic mass is 35.5. The van der Waals surface area contributed by atoms with E-state index in [2.05, 4.69) is 5.32 Å². The number of hydrogen-bond donors (Lipinski definition) is 1. The lowest BCUT2D eigenvalue weighted by atomic mass is 9.97. The van der Waals surface area contributed by atoms with Gasteiger partial charge in [-0.2, -0.15) is 14.8 Å². The van der Waals surface area contributed by atoms with Crippen LogP contribution in [0.2, 0.25) is 5.02 Å². The van der Waals surface area contributed by atoms with Gasteiger partial charge in [0.2, 0.25) is 15.9 Å². The van der Waals surface area contributed by atoms with Gasteiger partial charge in [-0.05, 0) is 43.2 Å². The maximum atomic E-state index is 12.9. The van der Waals surface area contributed by atoms with Crippen LogP contribution in [0.15, 0.2) is 47.4 Å². The second kappa shape index (κ2) is 8.62. The molecule has 0 atom stereocenters. The number of anilines is 1. The number of nitrogens with one attached hydrogen (secondary N) is 1. The van der Waals surface area contributed by atoms with Gasteiger partial charge < -0.3 is 5.32 Å². The molecule has 2 aromatic carbocycles. The Morgan fingerprint density at radius 2 is 1.72 bits per heavy atom. The van der Waals surface area contributed by atoms with Gasteiger partial charge in [-0.15, -0.1) is 0 Å². The van der Waals surface area contributed by atoms with E-state index in [1.807, 2.05) is 12.1 Å².